The van der Waals surface area contributed by atoms with Gasteiger partial charge in [-0.05, 0) is 55.2 Å². The highest BCUT2D eigenvalue weighted by Gasteiger charge is 2.18. The van der Waals surface area contributed by atoms with Crippen LogP contribution in [0.5, 0.6) is 0 Å². The largest absolute Gasteiger partial charge is 0.223 e. The van der Waals surface area contributed by atoms with Gasteiger partial charge in [0.25, 0.3) is 0 Å². The zero-order chi connectivity index (χ0) is 23.6. The minimum atomic E-state index is 1.000. The van der Waals surface area contributed by atoms with Crippen molar-refractivity contribution in [1.82, 2.24) is 9.97 Å². The fourth-order valence-corrected chi connectivity index (χ4v) is 7.44. The van der Waals surface area contributed by atoms with Crippen LogP contribution in [0.2, 0.25) is 0 Å². The summed E-state index contributed by atoms with van der Waals surface area (Å²) >= 11 is 3.37. The Morgan fingerprint density at radius 3 is 1.19 bits per heavy atom. The van der Waals surface area contributed by atoms with Crippen LogP contribution in [0.1, 0.15) is 0 Å². The summed E-state index contributed by atoms with van der Waals surface area (Å²) in [6, 6.07) is 39.0. The molecule has 36 heavy (non-hydrogen) atoms. The molecule has 0 amide bonds. The van der Waals surface area contributed by atoms with Crippen LogP contribution < -0.4 is 0 Å². The summed E-state index contributed by atoms with van der Waals surface area (Å²) in [5, 5.41) is 12.1. The Hall–Kier alpha value is -4.12. The van der Waals surface area contributed by atoms with Crippen LogP contribution in [0, 0.1) is 0 Å². The van der Waals surface area contributed by atoms with E-state index in [4.69, 9.17) is 9.97 Å². The molecule has 0 N–H and O–H groups in total. The van der Waals surface area contributed by atoms with Crippen LogP contribution in [0.3, 0.4) is 0 Å². The number of nitrogens with zero attached hydrogens (tertiary/aromatic N) is 2. The summed E-state index contributed by atoms with van der Waals surface area (Å²) < 4.78 is 0. The maximum atomic E-state index is 5.10. The van der Waals surface area contributed by atoms with Gasteiger partial charge in [-0.1, -0.05) is 120 Å². The molecule has 8 rings (SSSR count). The van der Waals surface area contributed by atoms with E-state index in [9.17, 15) is 0 Å². The number of aromatic nitrogens is 2. The van der Waals surface area contributed by atoms with Gasteiger partial charge in [-0.3, -0.25) is 0 Å². The van der Waals surface area contributed by atoms with E-state index in [1.807, 2.05) is 0 Å². The number of fused-ring (bicyclic) bond motifs is 7. The lowest BCUT2D eigenvalue weighted by molar-refractivity contribution is 1.50. The number of hydrogen-bond donors (Lipinski definition) is 0. The van der Waals surface area contributed by atoms with E-state index in [2.05, 4.69) is 109 Å². The average molecular weight is 495 g/mol. The second-order valence-electron chi connectivity index (χ2n) is 9.03. The molecule has 0 fully saturated rings. The van der Waals surface area contributed by atoms with Gasteiger partial charge in [-0.25, -0.2) is 9.97 Å². The first-order valence-corrected chi connectivity index (χ1v) is 13.6. The zero-order valence-corrected chi connectivity index (χ0v) is 20.7. The van der Waals surface area contributed by atoms with Crippen molar-refractivity contribution in [3.05, 3.63) is 109 Å². The first kappa shape index (κ1) is 20.1. The van der Waals surface area contributed by atoms with Gasteiger partial charge < -0.3 is 0 Å². The highest BCUT2D eigenvalue weighted by Crippen LogP contribution is 2.42. The van der Waals surface area contributed by atoms with Crippen molar-refractivity contribution < 1.29 is 0 Å². The van der Waals surface area contributed by atoms with E-state index < -0.39 is 0 Å². The summed E-state index contributed by atoms with van der Waals surface area (Å²) in [5.74, 6) is 0. The summed E-state index contributed by atoms with van der Waals surface area (Å²) in [6.07, 6.45) is 0. The quantitative estimate of drug-likeness (QED) is 0.224. The van der Waals surface area contributed by atoms with E-state index in [1.54, 1.807) is 22.7 Å². The third kappa shape index (κ3) is 2.95. The van der Waals surface area contributed by atoms with Gasteiger partial charge in [0.2, 0.25) is 0 Å². The minimum Gasteiger partial charge on any atom is -0.223 e. The molecule has 0 aliphatic heterocycles. The number of benzene rings is 6. The highest BCUT2D eigenvalue weighted by molar-refractivity contribution is 7.29. The van der Waals surface area contributed by atoms with E-state index >= 15 is 0 Å². The molecular weight excluding hydrogens is 477 g/mol. The fraction of sp³-hybridized carbons (Fsp3) is 0. The Bertz CT molecular complexity index is 1940. The van der Waals surface area contributed by atoms with Crippen molar-refractivity contribution >= 4 is 75.4 Å². The van der Waals surface area contributed by atoms with Crippen LogP contribution in [-0.4, -0.2) is 9.97 Å². The molecule has 2 heterocycles. The van der Waals surface area contributed by atoms with Crippen molar-refractivity contribution in [2.24, 2.45) is 0 Å². The molecule has 0 unspecified atom stereocenters. The van der Waals surface area contributed by atoms with Gasteiger partial charge in [0.15, 0.2) is 9.66 Å². The van der Waals surface area contributed by atoms with Crippen molar-refractivity contribution in [1.29, 1.82) is 0 Å². The lowest BCUT2D eigenvalue weighted by atomic mass is 9.97. The van der Waals surface area contributed by atoms with E-state index in [1.165, 1.54) is 54.2 Å². The summed E-state index contributed by atoms with van der Waals surface area (Å²) in [7, 11) is 0. The smallest absolute Gasteiger partial charge is 0.155 e. The fourth-order valence-electron chi connectivity index (χ4n) is 5.33. The monoisotopic (exact) mass is 494 g/mol. The maximum Gasteiger partial charge on any atom is 0.155 e. The van der Waals surface area contributed by atoms with Crippen LogP contribution in [0.15, 0.2) is 109 Å². The molecule has 0 saturated carbocycles. The Balaban J connectivity index is 1.33. The third-order valence-corrected chi connectivity index (χ3v) is 9.07. The van der Waals surface area contributed by atoms with Crippen molar-refractivity contribution in [2.75, 3.05) is 0 Å². The first-order valence-electron chi connectivity index (χ1n) is 11.9. The normalized spacial score (nSPS) is 11.9. The number of hydrogen-bond acceptors (Lipinski definition) is 4. The number of thiazole rings is 2. The molecule has 0 spiro atoms. The summed E-state index contributed by atoms with van der Waals surface area (Å²) in [6.45, 7) is 0. The molecule has 6 aromatic carbocycles. The lowest BCUT2D eigenvalue weighted by Gasteiger charge is -2.09. The van der Waals surface area contributed by atoms with E-state index in [-0.39, 0.29) is 0 Å². The predicted molar refractivity (Wildman–Crippen MR) is 156 cm³/mol. The second-order valence-corrected chi connectivity index (χ2v) is 11.0. The predicted octanol–water partition coefficient (Wildman–Crippen LogP) is 9.70. The molecule has 4 heteroatoms. The molecule has 168 valence electrons. The van der Waals surface area contributed by atoms with Crippen molar-refractivity contribution in [2.45, 2.75) is 0 Å². The summed E-state index contributed by atoms with van der Waals surface area (Å²) in [5.41, 5.74) is 2.36. The molecule has 8 aromatic rings. The third-order valence-electron chi connectivity index (χ3n) is 6.97. The van der Waals surface area contributed by atoms with Crippen molar-refractivity contribution in [3.63, 3.8) is 0 Å². The molecule has 0 atom stereocenters. The van der Waals surface area contributed by atoms with E-state index in [0.717, 1.165) is 19.7 Å². The Morgan fingerprint density at radius 2 is 0.750 bits per heavy atom. The van der Waals surface area contributed by atoms with Gasteiger partial charge >= 0.3 is 0 Å². The van der Waals surface area contributed by atoms with Gasteiger partial charge in [0.1, 0.15) is 10.0 Å². The Kier molecular flexibility index (Phi) is 4.30. The Morgan fingerprint density at radius 1 is 0.389 bits per heavy atom. The van der Waals surface area contributed by atoms with Gasteiger partial charge in [0.05, 0.1) is 0 Å². The molecule has 2 nitrogen and oxygen atoms in total. The SMILES string of the molecule is c1ccc2c(c1)cc(-c1nc3sc(-c4cc5ccccc5c5ccccc45)nc3s1)c1ccccc12. The lowest BCUT2D eigenvalue weighted by Crippen LogP contribution is -1.84. The highest BCUT2D eigenvalue weighted by atomic mass is 32.1. The zero-order valence-electron chi connectivity index (χ0n) is 19.1. The minimum absolute atomic E-state index is 1.000. The molecule has 0 aliphatic rings. The standard InChI is InChI=1S/C32H18N2S2/c1-3-11-21-19(9-1)17-27(25-15-7-5-13-23(21)25)29-33-31-32(35-29)34-30(36-31)28-18-20-10-2-4-12-22(20)24-14-6-8-16-26(24)28/h1-18H. The van der Waals surface area contributed by atoms with Crippen LogP contribution in [0.25, 0.3) is 73.9 Å². The molecule has 0 saturated heterocycles. The topological polar surface area (TPSA) is 25.8 Å². The molecule has 2 aromatic heterocycles. The Labute approximate surface area is 215 Å². The maximum absolute atomic E-state index is 5.10. The van der Waals surface area contributed by atoms with Gasteiger partial charge in [-0.15, -0.1) is 0 Å². The second kappa shape index (κ2) is 7.69. The number of rotatable bonds is 2. The average Bonchev–Trinajstić information content (AvgIpc) is 3.52. The van der Waals surface area contributed by atoms with Crippen LogP contribution in [-0.2, 0) is 0 Å². The van der Waals surface area contributed by atoms with E-state index in [0.29, 0.717) is 0 Å². The van der Waals surface area contributed by atoms with Gasteiger partial charge in [-0.2, -0.15) is 0 Å². The molecule has 0 bridgehead atoms. The van der Waals surface area contributed by atoms with Crippen LogP contribution >= 0.6 is 22.7 Å². The van der Waals surface area contributed by atoms with Crippen molar-refractivity contribution in [3.8, 4) is 21.1 Å². The molecule has 0 radical (unpaired) electrons. The van der Waals surface area contributed by atoms with Gasteiger partial charge in [0, 0.05) is 11.1 Å². The first-order chi connectivity index (χ1) is 17.8. The summed E-state index contributed by atoms with van der Waals surface area (Å²) in [4.78, 5) is 12.2. The molecule has 0 aliphatic carbocycles. The molecular formula is C32H18N2S2. The van der Waals surface area contributed by atoms with Crippen LogP contribution in [0.4, 0.5) is 0 Å².